The van der Waals surface area contributed by atoms with Crippen molar-refractivity contribution in [2.45, 2.75) is 13.0 Å². The second-order valence-corrected chi connectivity index (χ2v) is 5.17. The number of aliphatic carboxylic acids is 1. The Kier molecular flexibility index (Phi) is 5.78. The molecule has 0 saturated carbocycles. The van der Waals surface area contributed by atoms with E-state index in [0.717, 1.165) is 11.4 Å². The van der Waals surface area contributed by atoms with Crippen LogP contribution in [0.2, 0.25) is 0 Å². The molecule has 0 radical (unpaired) electrons. The third-order valence-electron chi connectivity index (χ3n) is 3.41. The molecule has 0 unspecified atom stereocenters. The van der Waals surface area contributed by atoms with Crippen molar-refractivity contribution in [1.82, 2.24) is 20.0 Å². The number of carboxylic acids is 1. The zero-order valence-corrected chi connectivity index (χ0v) is 13.6. The van der Waals surface area contributed by atoms with Gasteiger partial charge in [-0.1, -0.05) is 0 Å². The minimum Gasteiger partial charge on any atom is -0.497 e. The lowest BCUT2D eigenvalue weighted by Crippen LogP contribution is -2.38. The molecule has 2 aromatic rings. The van der Waals surface area contributed by atoms with Crippen molar-refractivity contribution in [3.63, 3.8) is 0 Å². The van der Waals surface area contributed by atoms with Gasteiger partial charge < -0.3 is 20.1 Å². The van der Waals surface area contributed by atoms with Crippen LogP contribution in [0, 0.1) is 0 Å². The predicted octanol–water partition coefficient (Wildman–Crippen LogP) is 1.50. The van der Waals surface area contributed by atoms with Crippen LogP contribution in [0.1, 0.15) is 12.1 Å². The highest BCUT2D eigenvalue weighted by Gasteiger charge is 2.10. The number of nitrogens with one attached hydrogen (secondary N) is 1. The molecule has 8 nitrogen and oxygen atoms in total. The van der Waals surface area contributed by atoms with Crippen LogP contribution in [-0.4, -0.2) is 52.5 Å². The van der Waals surface area contributed by atoms with Gasteiger partial charge in [0.2, 0.25) is 0 Å². The van der Waals surface area contributed by atoms with Gasteiger partial charge in [0.25, 0.3) is 0 Å². The fourth-order valence-corrected chi connectivity index (χ4v) is 2.00. The first-order valence-electron chi connectivity index (χ1n) is 7.39. The first-order chi connectivity index (χ1) is 11.5. The minimum atomic E-state index is -0.937. The van der Waals surface area contributed by atoms with Gasteiger partial charge in [-0.3, -0.25) is 4.79 Å². The van der Waals surface area contributed by atoms with E-state index in [2.05, 4.69) is 10.4 Å². The molecule has 2 amide bonds. The normalized spacial score (nSPS) is 10.2. The summed E-state index contributed by atoms with van der Waals surface area (Å²) in [6.07, 6.45) is 1.72. The van der Waals surface area contributed by atoms with Crippen molar-refractivity contribution in [1.29, 1.82) is 0 Å². The number of hydrogen-bond acceptors (Lipinski definition) is 4. The number of rotatable bonds is 7. The van der Waals surface area contributed by atoms with E-state index in [-0.39, 0.29) is 25.5 Å². The molecule has 0 aliphatic rings. The zero-order valence-electron chi connectivity index (χ0n) is 13.6. The molecule has 0 bridgehead atoms. The Bertz CT molecular complexity index is 696. The zero-order chi connectivity index (χ0) is 17.5. The molecule has 0 aliphatic heterocycles. The van der Waals surface area contributed by atoms with Crippen molar-refractivity contribution < 1.29 is 19.4 Å². The van der Waals surface area contributed by atoms with Crippen LogP contribution in [0.25, 0.3) is 5.69 Å². The smallest absolute Gasteiger partial charge is 0.317 e. The molecule has 0 saturated heterocycles. The summed E-state index contributed by atoms with van der Waals surface area (Å²) in [5.41, 5.74) is 1.58. The standard InChI is InChI=1S/C16H20N4O4/c1-19(9-8-15(21)22)16(23)17-11-12-7-10-20(18-12)13-3-5-14(24-2)6-4-13/h3-7,10H,8-9,11H2,1-2H3,(H,17,23)(H,21,22). The average Bonchev–Trinajstić information content (AvgIpc) is 3.06. The number of urea groups is 1. The van der Waals surface area contributed by atoms with E-state index in [1.165, 1.54) is 4.90 Å². The third kappa shape index (κ3) is 4.73. The lowest BCUT2D eigenvalue weighted by molar-refractivity contribution is -0.137. The van der Waals surface area contributed by atoms with Gasteiger partial charge in [0.15, 0.2) is 0 Å². The second kappa shape index (κ2) is 8.00. The summed E-state index contributed by atoms with van der Waals surface area (Å²) in [7, 11) is 3.16. The van der Waals surface area contributed by atoms with Crippen LogP contribution in [0.4, 0.5) is 4.79 Å². The first kappa shape index (κ1) is 17.3. The van der Waals surface area contributed by atoms with Crippen molar-refractivity contribution in [2.75, 3.05) is 20.7 Å². The maximum absolute atomic E-state index is 11.8. The second-order valence-electron chi connectivity index (χ2n) is 5.17. The Hall–Kier alpha value is -3.03. The highest BCUT2D eigenvalue weighted by molar-refractivity contribution is 5.74. The van der Waals surface area contributed by atoms with Gasteiger partial charge in [-0.15, -0.1) is 0 Å². The quantitative estimate of drug-likeness (QED) is 0.801. The van der Waals surface area contributed by atoms with E-state index in [1.54, 1.807) is 25.0 Å². The van der Waals surface area contributed by atoms with Gasteiger partial charge in [-0.25, -0.2) is 9.48 Å². The Morgan fingerprint density at radius 1 is 1.29 bits per heavy atom. The van der Waals surface area contributed by atoms with Gasteiger partial charge in [0, 0.05) is 19.8 Å². The molecule has 0 atom stereocenters. The molecule has 1 heterocycles. The summed E-state index contributed by atoms with van der Waals surface area (Å²) in [6.45, 7) is 0.418. The largest absolute Gasteiger partial charge is 0.497 e. The van der Waals surface area contributed by atoms with Crippen molar-refractivity contribution >= 4 is 12.0 Å². The molecule has 1 aromatic carbocycles. The van der Waals surface area contributed by atoms with Crippen LogP contribution in [-0.2, 0) is 11.3 Å². The summed E-state index contributed by atoms with van der Waals surface area (Å²) in [4.78, 5) is 23.7. The summed E-state index contributed by atoms with van der Waals surface area (Å²) in [6, 6.07) is 8.92. The van der Waals surface area contributed by atoms with E-state index < -0.39 is 5.97 Å². The van der Waals surface area contributed by atoms with Crippen LogP contribution in [0.5, 0.6) is 5.75 Å². The number of nitrogens with zero attached hydrogens (tertiary/aromatic N) is 3. The fraction of sp³-hybridized carbons (Fsp3) is 0.312. The molecule has 0 fully saturated rings. The lowest BCUT2D eigenvalue weighted by Gasteiger charge is -2.16. The minimum absolute atomic E-state index is 0.0873. The van der Waals surface area contributed by atoms with Crippen molar-refractivity contribution in [2.24, 2.45) is 0 Å². The van der Waals surface area contributed by atoms with E-state index in [1.807, 2.05) is 30.3 Å². The molecule has 8 heteroatoms. The van der Waals surface area contributed by atoms with E-state index in [0.29, 0.717) is 5.69 Å². The third-order valence-corrected chi connectivity index (χ3v) is 3.41. The highest BCUT2D eigenvalue weighted by Crippen LogP contribution is 2.14. The Morgan fingerprint density at radius 2 is 2.00 bits per heavy atom. The molecule has 0 aliphatic carbocycles. The number of benzene rings is 1. The Balaban J connectivity index is 1.89. The van der Waals surface area contributed by atoms with Gasteiger partial charge >= 0.3 is 12.0 Å². The van der Waals surface area contributed by atoms with Gasteiger partial charge in [0.05, 0.1) is 31.5 Å². The first-order valence-corrected chi connectivity index (χ1v) is 7.39. The van der Waals surface area contributed by atoms with Gasteiger partial charge in [-0.05, 0) is 30.3 Å². The number of methoxy groups -OCH3 is 1. The summed E-state index contributed by atoms with van der Waals surface area (Å²) in [5.74, 6) is -0.171. The Morgan fingerprint density at radius 3 is 2.62 bits per heavy atom. The van der Waals surface area contributed by atoms with Gasteiger partial charge in [-0.2, -0.15) is 5.10 Å². The topological polar surface area (TPSA) is 96.7 Å². The van der Waals surface area contributed by atoms with Crippen molar-refractivity contribution in [3.05, 3.63) is 42.2 Å². The number of amides is 2. The number of aromatic nitrogens is 2. The molecule has 1 aromatic heterocycles. The van der Waals surface area contributed by atoms with Gasteiger partial charge in [0.1, 0.15) is 5.75 Å². The Labute approximate surface area is 139 Å². The number of hydrogen-bond donors (Lipinski definition) is 2. The van der Waals surface area contributed by atoms with Crippen LogP contribution >= 0.6 is 0 Å². The van der Waals surface area contributed by atoms with Crippen LogP contribution < -0.4 is 10.1 Å². The lowest BCUT2D eigenvalue weighted by atomic mass is 10.3. The monoisotopic (exact) mass is 332 g/mol. The molecule has 128 valence electrons. The maximum Gasteiger partial charge on any atom is 0.317 e. The molecule has 2 N–H and O–H groups in total. The number of ether oxygens (including phenoxy) is 1. The SMILES string of the molecule is COc1ccc(-n2ccc(CNC(=O)N(C)CCC(=O)O)n2)cc1. The number of carbonyl (C=O) groups excluding carboxylic acids is 1. The number of carbonyl (C=O) groups is 2. The highest BCUT2D eigenvalue weighted by atomic mass is 16.5. The van der Waals surface area contributed by atoms with Crippen LogP contribution in [0.15, 0.2) is 36.5 Å². The van der Waals surface area contributed by atoms with E-state index >= 15 is 0 Å². The summed E-state index contributed by atoms with van der Waals surface area (Å²) in [5, 5.41) is 15.7. The van der Waals surface area contributed by atoms with Crippen molar-refractivity contribution in [3.8, 4) is 11.4 Å². The molecule has 24 heavy (non-hydrogen) atoms. The molecule has 0 spiro atoms. The maximum atomic E-state index is 11.8. The predicted molar refractivity (Wildman–Crippen MR) is 87.2 cm³/mol. The summed E-state index contributed by atoms with van der Waals surface area (Å²) < 4.78 is 6.82. The number of carboxylic acid groups (broad SMARTS) is 1. The van der Waals surface area contributed by atoms with Crippen LogP contribution in [0.3, 0.4) is 0 Å². The van der Waals surface area contributed by atoms with E-state index in [4.69, 9.17) is 9.84 Å². The molecular weight excluding hydrogens is 312 g/mol. The van der Waals surface area contributed by atoms with E-state index in [9.17, 15) is 9.59 Å². The fourth-order valence-electron chi connectivity index (χ4n) is 2.00. The molecule has 2 rings (SSSR count). The average molecular weight is 332 g/mol. The summed E-state index contributed by atoms with van der Waals surface area (Å²) >= 11 is 0. The molecular formula is C16H20N4O4.